The van der Waals surface area contributed by atoms with Crippen LogP contribution in [-0.2, 0) is 0 Å². The van der Waals surface area contributed by atoms with Crippen LogP contribution in [0.1, 0.15) is 19.8 Å². The van der Waals surface area contributed by atoms with E-state index in [-0.39, 0.29) is 6.04 Å². The number of rotatable bonds is 1. The average Bonchev–Trinajstić information content (AvgIpc) is 2.14. The molecule has 0 heterocycles. The molecule has 0 fully saturated rings. The lowest BCUT2D eigenvalue weighted by molar-refractivity contribution is 0.496. The minimum Gasteiger partial charge on any atom is -0.317 e. The molecule has 2 N–H and O–H groups in total. The summed E-state index contributed by atoms with van der Waals surface area (Å²) in [6, 6.07) is 0.167. The van der Waals surface area contributed by atoms with Gasteiger partial charge in [0, 0.05) is 6.42 Å². The van der Waals surface area contributed by atoms with Gasteiger partial charge in [0.1, 0.15) is 0 Å². The third-order valence-corrected chi connectivity index (χ3v) is 1.67. The summed E-state index contributed by atoms with van der Waals surface area (Å²) in [7, 11) is 0. The molecule has 1 aliphatic rings. The molecule has 0 aliphatic heterocycles. The monoisotopic (exact) mass is 109 g/mol. The van der Waals surface area contributed by atoms with E-state index in [4.69, 9.17) is 5.73 Å². The van der Waals surface area contributed by atoms with Crippen LogP contribution in [-0.4, -0.2) is 6.04 Å². The Hall–Kier alpha value is -0.480. The summed E-state index contributed by atoms with van der Waals surface area (Å²) < 4.78 is 0. The maximum atomic E-state index is 5.62. The maximum Gasteiger partial charge on any atom is 0.0702 e. The third kappa shape index (κ3) is 0.850. The van der Waals surface area contributed by atoms with Crippen molar-refractivity contribution < 1.29 is 0 Å². The molecule has 1 unspecified atom stereocenters. The average molecular weight is 109 g/mol. The standard InChI is InChI=1S/C7H11N/c1-2-6-4-3-5-7(6)8/h6-7H,2,4,8H2,1H3/t6?,7-/m1/s1. The lowest BCUT2D eigenvalue weighted by Crippen LogP contribution is -2.24. The van der Waals surface area contributed by atoms with Crippen LogP contribution < -0.4 is 5.73 Å². The van der Waals surface area contributed by atoms with Crippen molar-refractivity contribution in [3.05, 3.63) is 0 Å². The van der Waals surface area contributed by atoms with Gasteiger partial charge in [0.15, 0.2) is 0 Å². The highest BCUT2D eigenvalue weighted by molar-refractivity contribution is 5.16. The Bertz CT molecular complexity index is 129. The SMILES string of the molecule is CCC1CC#C[C@H]1N. The number of hydrogen-bond donors (Lipinski definition) is 1. The van der Waals surface area contributed by atoms with Gasteiger partial charge in [-0.2, -0.15) is 0 Å². The molecule has 1 aliphatic carbocycles. The second-order valence-electron chi connectivity index (χ2n) is 2.22. The minimum absolute atomic E-state index is 0.167. The molecule has 0 aromatic carbocycles. The first-order chi connectivity index (χ1) is 3.84. The van der Waals surface area contributed by atoms with Gasteiger partial charge in [0.2, 0.25) is 0 Å². The normalized spacial score (nSPS) is 34.2. The fourth-order valence-corrected chi connectivity index (χ4v) is 0.951. The summed E-state index contributed by atoms with van der Waals surface area (Å²) in [5, 5.41) is 0. The van der Waals surface area contributed by atoms with Gasteiger partial charge >= 0.3 is 0 Å². The van der Waals surface area contributed by atoms with Crippen LogP contribution in [0, 0.1) is 17.8 Å². The van der Waals surface area contributed by atoms with E-state index >= 15 is 0 Å². The largest absolute Gasteiger partial charge is 0.317 e. The molecule has 0 spiro atoms. The zero-order chi connectivity index (χ0) is 5.98. The van der Waals surface area contributed by atoms with E-state index in [0.717, 1.165) is 12.8 Å². The molecule has 0 bridgehead atoms. The Balaban J connectivity index is 2.41. The molecule has 0 aromatic rings. The fourth-order valence-electron chi connectivity index (χ4n) is 0.951. The molecule has 0 saturated heterocycles. The molecule has 1 heteroatoms. The molecule has 0 radical (unpaired) electrons. The Labute approximate surface area is 50.3 Å². The maximum absolute atomic E-state index is 5.62. The summed E-state index contributed by atoms with van der Waals surface area (Å²) in [6.07, 6.45) is 2.17. The Morgan fingerprint density at radius 1 is 1.75 bits per heavy atom. The van der Waals surface area contributed by atoms with Crippen molar-refractivity contribution >= 4 is 0 Å². The van der Waals surface area contributed by atoms with Crippen molar-refractivity contribution in [2.75, 3.05) is 0 Å². The molecule has 44 valence electrons. The van der Waals surface area contributed by atoms with Gasteiger partial charge in [0.05, 0.1) is 6.04 Å². The second-order valence-corrected chi connectivity index (χ2v) is 2.22. The molecule has 2 atom stereocenters. The highest BCUT2D eigenvalue weighted by atomic mass is 14.6. The zero-order valence-electron chi connectivity index (χ0n) is 5.15. The van der Waals surface area contributed by atoms with Gasteiger partial charge in [0.25, 0.3) is 0 Å². The van der Waals surface area contributed by atoms with E-state index in [9.17, 15) is 0 Å². The van der Waals surface area contributed by atoms with E-state index < -0.39 is 0 Å². The van der Waals surface area contributed by atoms with Crippen LogP contribution in [0.5, 0.6) is 0 Å². The first-order valence-corrected chi connectivity index (χ1v) is 3.08. The quantitative estimate of drug-likeness (QED) is 0.494. The van der Waals surface area contributed by atoms with Crippen LogP contribution in [0.3, 0.4) is 0 Å². The summed E-state index contributed by atoms with van der Waals surface area (Å²) in [5.74, 6) is 6.57. The van der Waals surface area contributed by atoms with Gasteiger partial charge in [-0.15, -0.1) is 5.92 Å². The van der Waals surface area contributed by atoms with Crippen LogP contribution in [0.15, 0.2) is 0 Å². The van der Waals surface area contributed by atoms with Gasteiger partial charge in [-0.05, 0) is 12.3 Å². The molecule has 0 amide bonds. The minimum atomic E-state index is 0.167. The van der Waals surface area contributed by atoms with Crippen LogP contribution >= 0.6 is 0 Å². The molecule has 0 saturated carbocycles. The molecule has 8 heavy (non-hydrogen) atoms. The summed E-state index contributed by atoms with van der Waals surface area (Å²) >= 11 is 0. The van der Waals surface area contributed by atoms with Gasteiger partial charge in [-0.3, -0.25) is 0 Å². The second kappa shape index (κ2) is 2.19. The summed E-state index contributed by atoms with van der Waals surface area (Å²) in [5.41, 5.74) is 5.62. The van der Waals surface area contributed by atoms with Gasteiger partial charge in [-0.25, -0.2) is 0 Å². The molecular formula is C7H11N. The van der Waals surface area contributed by atoms with E-state index in [1.165, 1.54) is 0 Å². The topological polar surface area (TPSA) is 26.0 Å². The van der Waals surface area contributed by atoms with E-state index in [2.05, 4.69) is 18.8 Å². The highest BCUT2D eigenvalue weighted by Gasteiger charge is 2.15. The Morgan fingerprint density at radius 2 is 2.50 bits per heavy atom. The third-order valence-electron chi connectivity index (χ3n) is 1.67. The lowest BCUT2D eigenvalue weighted by atomic mass is 10.0. The van der Waals surface area contributed by atoms with Crippen molar-refractivity contribution in [1.29, 1.82) is 0 Å². The number of nitrogens with two attached hydrogens (primary N) is 1. The van der Waals surface area contributed by atoms with E-state index in [1.807, 2.05) is 0 Å². The molecule has 1 nitrogen and oxygen atoms in total. The predicted octanol–water partition coefficient (Wildman–Crippen LogP) is 0.747. The number of hydrogen-bond acceptors (Lipinski definition) is 1. The van der Waals surface area contributed by atoms with Crippen molar-refractivity contribution in [2.45, 2.75) is 25.8 Å². The van der Waals surface area contributed by atoms with Crippen molar-refractivity contribution in [3.63, 3.8) is 0 Å². The van der Waals surface area contributed by atoms with Crippen LogP contribution in [0.2, 0.25) is 0 Å². The fraction of sp³-hybridized carbons (Fsp3) is 0.714. The van der Waals surface area contributed by atoms with Gasteiger partial charge < -0.3 is 5.73 Å². The zero-order valence-corrected chi connectivity index (χ0v) is 5.15. The van der Waals surface area contributed by atoms with Crippen molar-refractivity contribution in [3.8, 4) is 11.8 Å². The Morgan fingerprint density at radius 3 is 2.75 bits per heavy atom. The highest BCUT2D eigenvalue weighted by Crippen LogP contribution is 2.14. The van der Waals surface area contributed by atoms with E-state index in [1.54, 1.807) is 0 Å². The van der Waals surface area contributed by atoms with Crippen LogP contribution in [0.25, 0.3) is 0 Å². The first-order valence-electron chi connectivity index (χ1n) is 3.08. The van der Waals surface area contributed by atoms with Gasteiger partial charge in [-0.1, -0.05) is 12.8 Å². The smallest absolute Gasteiger partial charge is 0.0702 e. The van der Waals surface area contributed by atoms with Crippen molar-refractivity contribution in [2.24, 2.45) is 11.7 Å². The van der Waals surface area contributed by atoms with E-state index in [0.29, 0.717) is 5.92 Å². The molecule has 0 aromatic heterocycles. The van der Waals surface area contributed by atoms with Crippen molar-refractivity contribution in [1.82, 2.24) is 0 Å². The molecule has 1 rings (SSSR count). The first kappa shape index (κ1) is 5.65. The Kier molecular flexibility index (Phi) is 1.55. The lowest BCUT2D eigenvalue weighted by Gasteiger charge is -2.08. The predicted molar refractivity (Wildman–Crippen MR) is 34.1 cm³/mol. The summed E-state index contributed by atoms with van der Waals surface area (Å²) in [6.45, 7) is 2.15. The molecular weight excluding hydrogens is 98.1 g/mol. The summed E-state index contributed by atoms with van der Waals surface area (Å²) in [4.78, 5) is 0. The van der Waals surface area contributed by atoms with Crippen LogP contribution in [0.4, 0.5) is 0 Å².